The Bertz CT molecular complexity index is 519. The smallest absolute Gasteiger partial charge is 0.311 e. The molecular formula is C11H13N3O2. The van der Waals surface area contributed by atoms with E-state index in [1.165, 1.54) is 0 Å². The standard InChI is InChI=1S/C11H13N3O2/c1-2-16-11(15)5-9-7-14-6-8(12)3-4-10(14)13-9/h3-4,6-7H,2,5,12H2,1H3. The largest absolute Gasteiger partial charge is 0.466 e. The van der Waals surface area contributed by atoms with Crippen molar-refractivity contribution in [2.24, 2.45) is 0 Å². The Morgan fingerprint density at radius 3 is 3.06 bits per heavy atom. The van der Waals surface area contributed by atoms with Crippen LogP contribution >= 0.6 is 0 Å². The van der Waals surface area contributed by atoms with E-state index in [2.05, 4.69) is 4.98 Å². The zero-order valence-electron chi connectivity index (χ0n) is 9.01. The summed E-state index contributed by atoms with van der Waals surface area (Å²) in [5.74, 6) is -0.265. The molecule has 2 N–H and O–H groups in total. The first-order valence-electron chi connectivity index (χ1n) is 5.08. The van der Waals surface area contributed by atoms with E-state index in [0.717, 1.165) is 5.65 Å². The Morgan fingerprint density at radius 1 is 1.50 bits per heavy atom. The van der Waals surface area contributed by atoms with Crippen LogP contribution in [0.3, 0.4) is 0 Å². The van der Waals surface area contributed by atoms with Crippen molar-refractivity contribution >= 4 is 17.3 Å². The molecule has 5 nitrogen and oxygen atoms in total. The third-order valence-electron chi connectivity index (χ3n) is 2.15. The molecule has 0 aromatic carbocycles. The third-order valence-corrected chi connectivity index (χ3v) is 2.15. The zero-order chi connectivity index (χ0) is 11.5. The number of carbonyl (C=O) groups excluding carboxylic acids is 1. The van der Waals surface area contributed by atoms with E-state index in [1.54, 1.807) is 29.8 Å². The van der Waals surface area contributed by atoms with Crippen LogP contribution in [0.2, 0.25) is 0 Å². The number of hydrogen-bond donors (Lipinski definition) is 1. The minimum Gasteiger partial charge on any atom is -0.466 e. The molecule has 84 valence electrons. The Labute approximate surface area is 92.8 Å². The fourth-order valence-electron chi connectivity index (χ4n) is 1.51. The van der Waals surface area contributed by atoms with E-state index < -0.39 is 0 Å². The lowest BCUT2D eigenvalue weighted by Crippen LogP contribution is -2.07. The van der Waals surface area contributed by atoms with Gasteiger partial charge in [-0.2, -0.15) is 0 Å². The topological polar surface area (TPSA) is 69.6 Å². The molecule has 0 amide bonds. The Kier molecular flexibility index (Phi) is 2.76. The Balaban J connectivity index is 2.23. The molecular weight excluding hydrogens is 206 g/mol. The number of rotatable bonds is 3. The summed E-state index contributed by atoms with van der Waals surface area (Å²) in [6, 6.07) is 3.58. The summed E-state index contributed by atoms with van der Waals surface area (Å²) in [5.41, 5.74) is 7.76. The summed E-state index contributed by atoms with van der Waals surface area (Å²) in [5, 5.41) is 0. The van der Waals surface area contributed by atoms with Crippen molar-refractivity contribution in [3.8, 4) is 0 Å². The highest BCUT2D eigenvalue weighted by molar-refractivity contribution is 5.72. The molecule has 0 unspecified atom stereocenters. The number of imidazole rings is 1. The Morgan fingerprint density at radius 2 is 2.31 bits per heavy atom. The number of esters is 1. The number of anilines is 1. The average molecular weight is 219 g/mol. The minimum absolute atomic E-state index is 0.190. The molecule has 2 aromatic heterocycles. The molecule has 0 aliphatic heterocycles. The van der Waals surface area contributed by atoms with Gasteiger partial charge in [-0.25, -0.2) is 4.98 Å². The van der Waals surface area contributed by atoms with Gasteiger partial charge in [0.1, 0.15) is 5.65 Å². The molecule has 5 heteroatoms. The van der Waals surface area contributed by atoms with Crippen molar-refractivity contribution in [1.29, 1.82) is 0 Å². The second kappa shape index (κ2) is 4.22. The molecule has 0 atom stereocenters. The van der Waals surface area contributed by atoms with Crippen molar-refractivity contribution < 1.29 is 9.53 Å². The average Bonchev–Trinajstić information content (AvgIpc) is 2.59. The molecule has 0 fully saturated rings. The Hall–Kier alpha value is -2.04. The summed E-state index contributed by atoms with van der Waals surface area (Å²) in [4.78, 5) is 15.5. The van der Waals surface area contributed by atoms with E-state index >= 15 is 0 Å². The van der Waals surface area contributed by atoms with E-state index in [4.69, 9.17) is 10.5 Å². The van der Waals surface area contributed by atoms with Crippen LogP contribution in [0.1, 0.15) is 12.6 Å². The van der Waals surface area contributed by atoms with Gasteiger partial charge in [-0.05, 0) is 19.1 Å². The number of nitrogens with zero attached hydrogens (tertiary/aromatic N) is 2. The molecule has 0 saturated heterocycles. The van der Waals surface area contributed by atoms with Gasteiger partial charge in [0.05, 0.1) is 18.7 Å². The van der Waals surface area contributed by atoms with Gasteiger partial charge in [0.15, 0.2) is 0 Å². The molecule has 0 saturated carbocycles. The van der Waals surface area contributed by atoms with Gasteiger partial charge in [-0.15, -0.1) is 0 Å². The highest BCUT2D eigenvalue weighted by Gasteiger charge is 2.07. The maximum atomic E-state index is 11.3. The number of hydrogen-bond acceptors (Lipinski definition) is 4. The number of fused-ring (bicyclic) bond motifs is 1. The highest BCUT2D eigenvalue weighted by atomic mass is 16.5. The van der Waals surface area contributed by atoms with E-state index in [1.807, 2.05) is 6.07 Å². The number of ether oxygens (including phenoxy) is 1. The summed E-state index contributed by atoms with van der Waals surface area (Å²) >= 11 is 0. The van der Waals surface area contributed by atoms with E-state index in [-0.39, 0.29) is 12.4 Å². The number of carbonyl (C=O) groups is 1. The predicted molar refractivity (Wildman–Crippen MR) is 59.9 cm³/mol. The van der Waals surface area contributed by atoms with Gasteiger partial charge in [-0.3, -0.25) is 4.79 Å². The summed E-state index contributed by atoms with van der Waals surface area (Å²) in [6.07, 6.45) is 3.73. The fourth-order valence-corrected chi connectivity index (χ4v) is 1.51. The monoisotopic (exact) mass is 219 g/mol. The summed E-state index contributed by atoms with van der Waals surface area (Å²) in [6.45, 7) is 2.17. The molecule has 16 heavy (non-hydrogen) atoms. The SMILES string of the molecule is CCOC(=O)Cc1cn2cc(N)ccc2n1. The first-order chi connectivity index (χ1) is 7.69. The maximum Gasteiger partial charge on any atom is 0.311 e. The van der Waals surface area contributed by atoms with Gasteiger partial charge in [0.2, 0.25) is 0 Å². The first-order valence-corrected chi connectivity index (χ1v) is 5.08. The molecule has 0 spiro atoms. The number of aromatic nitrogens is 2. The van der Waals surface area contributed by atoms with Crippen LogP contribution in [-0.4, -0.2) is 22.0 Å². The van der Waals surface area contributed by atoms with Crippen LogP contribution in [-0.2, 0) is 16.0 Å². The van der Waals surface area contributed by atoms with Crippen molar-refractivity contribution in [2.45, 2.75) is 13.3 Å². The zero-order valence-corrected chi connectivity index (χ0v) is 9.01. The number of pyridine rings is 1. The fraction of sp³-hybridized carbons (Fsp3) is 0.273. The summed E-state index contributed by atoms with van der Waals surface area (Å²) < 4.78 is 6.65. The second-order valence-electron chi connectivity index (χ2n) is 3.44. The molecule has 0 radical (unpaired) electrons. The van der Waals surface area contributed by atoms with Crippen molar-refractivity contribution in [3.05, 3.63) is 30.2 Å². The van der Waals surface area contributed by atoms with Crippen LogP contribution in [0, 0.1) is 0 Å². The van der Waals surface area contributed by atoms with Crippen LogP contribution < -0.4 is 5.73 Å². The molecule has 0 aliphatic rings. The van der Waals surface area contributed by atoms with Crippen molar-refractivity contribution in [3.63, 3.8) is 0 Å². The number of nitrogen functional groups attached to an aromatic ring is 1. The van der Waals surface area contributed by atoms with E-state index in [9.17, 15) is 4.79 Å². The van der Waals surface area contributed by atoms with Gasteiger partial charge in [0.25, 0.3) is 0 Å². The lowest BCUT2D eigenvalue weighted by Gasteiger charge is -1.97. The summed E-state index contributed by atoms with van der Waals surface area (Å²) in [7, 11) is 0. The van der Waals surface area contributed by atoms with Gasteiger partial charge >= 0.3 is 5.97 Å². The third kappa shape index (κ3) is 2.13. The van der Waals surface area contributed by atoms with Gasteiger partial charge in [0, 0.05) is 18.1 Å². The number of nitrogens with two attached hydrogens (primary N) is 1. The molecule has 0 bridgehead atoms. The molecule has 0 aliphatic carbocycles. The van der Waals surface area contributed by atoms with Gasteiger partial charge < -0.3 is 14.9 Å². The second-order valence-corrected chi connectivity index (χ2v) is 3.44. The molecule has 2 heterocycles. The predicted octanol–water partition coefficient (Wildman–Crippen LogP) is 1.02. The van der Waals surface area contributed by atoms with Crippen molar-refractivity contribution in [1.82, 2.24) is 9.38 Å². The minimum atomic E-state index is -0.265. The van der Waals surface area contributed by atoms with Gasteiger partial charge in [-0.1, -0.05) is 0 Å². The lowest BCUT2D eigenvalue weighted by molar-refractivity contribution is -0.142. The first kappa shape index (κ1) is 10.5. The lowest BCUT2D eigenvalue weighted by atomic mass is 10.3. The molecule has 2 rings (SSSR count). The quantitative estimate of drug-likeness (QED) is 0.782. The molecule has 2 aromatic rings. The van der Waals surface area contributed by atoms with Crippen LogP contribution in [0.25, 0.3) is 5.65 Å². The maximum absolute atomic E-state index is 11.3. The van der Waals surface area contributed by atoms with Crippen LogP contribution in [0.4, 0.5) is 5.69 Å². The normalized spacial score (nSPS) is 10.6. The van der Waals surface area contributed by atoms with Crippen LogP contribution in [0.5, 0.6) is 0 Å². The van der Waals surface area contributed by atoms with Crippen LogP contribution in [0.15, 0.2) is 24.5 Å². The van der Waals surface area contributed by atoms with E-state index in [0.29, 0.717) is 18.0 Å². The highest BCUT2D eigenvalue weighted by Crippen LogP contribution is 2.09. The van der Waals surface area contributed by atoms with Crippen molar-refractivity contribution in [2.75, 3.05) is 12.3 Å².